The van der Waals surface area contributed by atoms with Gasteiger partial charge in [-0.05, 0) is 24.6 Å². The summed E-state index contributed by atoms with van der Waals surface area (Å²) in [5.74, 6) is 0.0672. The summed E-state index contributed by atoms with van der Waals surface area (Å²) in [4.78, 5) is 11.0. The molecule has 0 bridgehead atoms. The number of anilines is 1. The Balaban J connectivity index is 2.07. The third kappa shape index (κ3) is 2.55. The predicted molar refractivity (Wildman–Crippen MR) is 61.2 cm³/mol. The Morgan fingerprint density at radius 3 is 2.80 bits per heavy atom. The van der Waals surface area contributed by atoms with E-state index in [0.717, 1.165) is 12.1 Å². The Labute approximate surface area is 97.8 Å². The van der Waals surface area contributed by atoms with Crippen LogP contribution < -0.4 is 10.6 Å². The molecule has 5 heteroatoms. The monoisotopic (exact) mass is 244 g/mol. The molecule has 2 N–H and O–H groups in total. The number of carbonyl (C=O) groups excluding carboxylic acids is 1. The van der Waals surface area contributed by atoms with Crippen molar-refractivity contribution in [3.8, 4) is 0 Å². The first-order valence-corrected chi connectivity index (χ1v) is 5.42. The highest BCUT2D eigenvalue weighted by atomic mass is 35.5. The summed E-state index contributed by atoms with van der Waals surface area (Å²) in [6.07, 6.45) is 1.30. The van der Waals surface area contributed by atoms with Gasteiger partial charge in [0.05, 0.1) is 16.9 Å². The summed E-state index contributed by atoms with van der Waals surface area (Å²) >= 11 is 11.8. The largest absolute Gasteiger partial charge is 0.364 e. The average molecular weight is 245 g/mol. The first-order valence-electron chi connectivity index (χ1n) is 4.66. The van der Waals surface area contributed by atoms with E-state index in [0.29, 0.717) is 16.5 Å². The highest BCUT2D eigenvalue weighted by molar-refractivity contribution is 6.36. The van der Waals surface area contributed by atoms with Crippen molar-refractivity contribution in [2.24, 2.45) is 0 Å². The molecule has 0 saturated carbocycles. The molecular formula is C10H10Cl2N2O. The first-order chi connectivity index (χ1) is 7.15. The van der Waals surface area contributed by atoms with Gasteiger partial charge in [-0.3, -0.25) is 4.79 Å². The molecule has 1 atom stereocenters. The molecule has 0 radical (unpaired) electrons. The Morgan fingerprint density at radius 1 is 1.40 bits per heavy atom. The van der Waals surface area contributed by atoms with Gasteiger partial charge in [0, 0.05) is 11.4 Å². The van der Waals surface area contributed by atoms with Crippen LogP contribution in [-0.4, -0.2) is 12.1 Å². The standard InChI is InChI=1S/C10H10Cl2N2O/c11-6-1-2-8(7(12)5-6)13-9-3-4-10(15)14-9/h1-2,5,9,13H,3-4H2,(H,14,15)/t9-/m1/s1. The minimum absolute atomic E-state index is 0.0313. The molecule has 1 amide bonds. The highest BCUT2D eigenvalue weighted by Crippen LogP contribution is 2.26. The molecule has 15 heavy (non-hydrogen) atoms. The topological polar surface area (TPSA) is 41.1 Å². The fourth-order valence-corrected chi connectivity index (χ4v) is 1.98. The van der Waals surface area contributed by atoms with Gasteiger partial charge in [0.25, 0.3) is 0 Å². The van der Waals surface area contributed by atoms with E-state index in [1.807, 2.05) is 0 Å². The molecule has 1 saturated heterocycles. The minimum atomic E-state index is -0.0313. The van der Waals surface area contributed by atoms with Crippen LogP contribution in [0.25, 0.3) is 0 Å². The smallest absolute Gasteiger partial charge is 0.221 e. The van der Waals surface area contributed by atoms with Crippen molar-refractivity contribution < 1.29 is 4.79 Å². The van der Waals surface area contributed by atoms with Gasteiger partial charge in [-0.25, -0.2) is 0 Å². The van der Waals surface area contributed by atoms with Gasteiger partial charge in [-0.2, -0.15) is 0 Å². The van der Waals surface area contributed by atoms with Crippen molar-refractivity contribution in [1.29, 1.82) is 0 Å². The number of nitrogens with one attached hydrogen (secondary N) is 2. The van der Waals surface area contributed by atoms with Crippen molar-refractivity contribution in [1.82, 2.24) is 5.32 Å². The quantitative estimate of drug-likeness (QED) is 0.840. The second-order valence-electron chi connectivity index (χ2n) is 3.43. The van der Waals surface area contributed by atoms with Gasteiger partial charge >= 0.3 is 0 Å². The third-order valence-electron chi connectivity index (χ3n) is 2.26. The van der Waals surface area contributed by atoms with Gasteiger partial charge in [0.2, 0.25) is 5.91 Å². The summed E-state index contributed by atoms with van der Waals surface area (Å²) in [6.45, 7) is 0. The number of rotatable bonds is 2. The fourth-order valence-electron chi connectivity index (χ4n) is 1.52. The number of benzene rings is 1. The lowest BCUT2D eigenvalue weighted by atomic mass is 10.3. The number of hydrogen-bond acceptors (Lipinski definition) is 2. The summed E-state index contributed by atoms with van der Waals surface area (Å²) in [6, 6.07) is 5.23. The van der Waals surface area contributed by atoms with Gasteiger partial charge in [-0.15, -0.1) is 0 Å². The molecule has 0 unspecified atom stereocenters. The molecule has 1 fully saturated rings. The summed E-state index contributed by atoms with van der Waals surface area (Å²) in [5.41, 5.74) is 0.785. The average Bonchev–Trinajstić information content (AvgIpc) is 2.56. The van der Waals surface area contributed by atoms with Crippen LogP contribution in [0.3, 0.4) is 0 Å². The number of halogens is 2. The van der Waals surface area contributed by atoms with Crippen LogP contribution in [0.2, 0.25) is 10.0 Å². The van der Waals surface area contributed by atoms with Crippen LogP contribution >= 0.6 is 23.2 Å². The Hall–Kier alpha value is -0.930. The highest BCUT2D eigenvalue weighted by Gasteiger charge is 2.20. The van der Waals surface area contributed by atoms with Crippen molar-refractivity contribution in [3.05, 3.63) is 28.2 Å². The summed E-state index contributed by atoms with van der Waals surface area (Å²) in [7, 11) is 0. The van der Waals surface area contributed by atoms with Gasteiger partial charge in [-0.1, -0.05) is 23.2 Å². The van der Waals surface area contributed by atoms with Crippen LogP contribution in [0, 0.1) is 0 Å². The molecule has 2 rings (SSSR count). The molecule has 1 heterocycles. The van der Waals surface area contributed by atoms with E-state index in [1.165, 1.54) is 0 Å². The van der Waals surface area contributed by atoms with Crippen molar-refractivity contribution in [3.63, 3.8) is 0 Å². The molecule has 0 spiro atoms. The second-order valence-corrected chi connectivity index (χ2v) is 4.27. The molecule has 1 aromatic carbocycles. The minimum Gasteiger partial charge on any atom is -0.364 e. The Morgan fingerprint density at radius 2 is 2.20 bits per heavy atom. The lowest BCUT2D eigenvalue weighted by Gasteiger charge is -2.15. The van der Waals surface area contributed by atoms with Crippen LogP contribution in [-0.2, 0) is 4.79 Å². The SMILES string of the molecule is O=C1CC[C@H](Nc2ccc(Cl)cc2Cl)N1. The maximum atomic E-state index is 11.0. The van der Waals surface area contributed by atoms with E-state index in [1.54, 1.807) is 18.2 Å². The number of hydrogen-bond donors (Lipinski definition) is 2. The zero-order valence-electron chi connectivity index (χ0n) is 7.89. The van der Waals surface area contributed by atoms with E-state index in [2.05, 4.69) is 10.6 Å². The number of carbonyl (C=O) groups is 1. The Kier molecular flexibility index (Phi) is 3.03. The lowest BCUT2D eigenvalue weighted by Crippen LogP contribution is -2.32. The van der Waals surface area contributed by atoms with Crippen LogP contribution in [0.5, 0.6) is 0 Å². The molecule has 0 aliphatic carbocycles. The third-order valence-corrected chi connectivity index (χ3v) is 2.80. The zero-order valence-corrected chi connectivity index (χ0v) is 9.40. The lowest BCUT2D eigenvalue weighted by molar-refractivity contribution is -0.119. The molecular weight excluding hydrogens is 235 g/mol. The predicted octanol–water partition coefficient (Wildman–Crippen LogP) is 2.64. The van der Waals surface area contributed by atoms with E-state index >= 15 is 0 Å². The normalized spacial score (nSPS) is 20.1. The summed E-state index contributed by atoms with van der Waals surface area (Å²) in [5, 5.41) is 7.10. The maximum absolute atomic E-state index is 11.0. The molecule has 1 aliphatic heterocycles. The molecule has 1 aromatic rings. The maximum Gasteiger partial charge on any atom is 0.221 e. The van der Waals surface area contributed by atoms with E-state index in [4.69, 9.17) is 23.2 Å². The van der Waals surface area contributed by atoms with Crippen molar-refractivity contribution in [2.75, 3.05) is 5.32 Å². The first kappa shape index (κ1) is 10.6. The Bertz CT molecular complexity index is 395. The molecule has 1 aliphatic rings. The van der Waals surface area contributed by atoms with Crippen LogP contribution in [0.15, 0.2) is 18.2 Å². The van der Waals surface area contributed by atoms with Crippen LogP contribution in [0.4, 0.5) is 5.69 Å². The van der Waals surface area contributed by atoms with Gasteiger partial charge in [0.15, 0.2) is 0 Å². The molecule has 3 nitrogen and oxygen atoms in total. The van der Waals surface area contributed by atoms with Crippen molar-refractivity contribution in [2.45, 2.75) is 19.0 Å². The van der Waals surface area contributed by atoms with Crippen LogP contribution in [0.1, 0.15) is 12.8 Å². The summed E-state index contributed by atoms with van der Waals surface area (Å²) < 4.78 is 0. The van der Waals surface area contributed by atoms with E-state index in [9.17, 15) is 4.79 Å². The second kappa shape index (κ2) is 4.29. The van der Waals surface area contributed by atoms with Gasteiger partial charge in [0.1, 0.15) is 0 Å². The van der Waals surface area contributed by atoms with Gasteiger partial charge < -0.3 is 10.6 Å². The zero-order chi connectivity index (χ0) is 10.8. The fraction of sp³-hybridized carbons (Fsp3) is 0.300. The molecule has 80 valence electrons. The van der Waals surface area contributed by atoms with E-state index < -0.39 is 0 Å². The van der Waals surface area contributed by atoms with Crippen molar-refractivity contribution >= 4 is 34.8 Å². The van der Waals surface area contributed by atoms with E-state index in [-0.39, 0.29) is 12.1 Å². The number of amides is 1. The molecule has 0 aromatic heterocycles.